The van der Waals surface area contributed by atoms with Gasteiger partial charge in [0.05, 0.1) is 0 Å². The van der Waals surface area contributed by atoms with Gasteiger partial charge in [-0.15, -0.1) is 0 Å². The van der Waals surface area contributed by atoms with Crippen molar-refractivity contribution in [2.24, 2.45) is 0 Å². The van der Waals surface area contributed by atoms with Crippen molar-refractivity contribution in [2.45, 2.75) is 25.6 Å². The Bertz CT molecular complexity index is 618. The summed E-state index contributed by atoms with van der Waals surface area (Å²) in [5, 5.41) is 13.4. The molecule has 1 fully saturated rings. The molecule has 0 saturated carbocycles. The molecule has 3 nitrogen and oxygen atoms in total. The van der Waals surface area contributed by atoms with Gasteiger partial charge in [-0.3, -0.25) is 4.90 Å². The molecule has 116 valence electrons. The predicted molar refractivity (Wildman–Crippen MR) is 92.8 cm³/mol. The highest BCUT2D eigenvalue weighted by Crippen LogP contribution is 2.22. The normalized spacial score (nSPS) is 18.7. The molecule has 0 aliphatic carbocycles. The Morgan fingerprint density at radius 3 is 2.82 bits per heavy atom. The van der Waals surface area contributed by atoms with Crippen LogP contribution >= 0.6 is 15.9 Å². The van der Waals surface area contributed by atoms with E-state index in [1.165, 1.54) is 5.56 Å². The monoisotopic (exact) mass is 360 g/mol. The van der Waals surface area contributed by atoms with Crippen molar-refractivity contribution in [3.8, 4) is 5.75 Å². The van der Waals surface area contributed by atoms with Gasteiger partial charge in [-0.25, -0.2) is 0 Å². The van der Waals surface area contributed by atoms with E-state index in [1.54, 1.807) is 6.07 Å². The first-order chi connectivity index (χ1) is 10.7. The minimum absolute atomic E-state index is 0.356. The highest BCUT2D eigenvalue weighted by atomic mass is 79.9. The van der Waals surface area contributed by atoms with E-state index in [0.717, 1.165) is 36.1 Å². The van der Waals surface area contributed by atoms with E-state index in [9.17, 15) is 5.11 Å². The molecular weight excluding hydrogens is 340 g/mol. The van der Waals surface area contributed by atoms with Crippen LogP contribution in [0.15, 0.2) is 53.0 Å². The Morgan fingerprint density at radius 2 is 2.00 bits per heavy atom. The van der Waals surface area contributed by atoms with Crippen LogP contribution in [-0.2, 0) is 13.1 Å². The van der Waals surface area contributed by atoms with Crippen molar-refractivity contribution in [1.82, 2.24) is 10.2 Å². The van der Waals surface area contributed by atoms with E-state index in [4.69, 9.17) is 0 Å². The minimum atomic E-state index is 0.356. The molecule has 0 aromatic heterocycles. The van der Waals surface area contributed by atoms with Crippen molar-refractivity contribution in [2.75, 3.05) is 13.1 Å². The maximum atomic E-state index is 9.88. The molecule has 0 radical (unpaired) electrons. The van der Waals surface area contributed by atoms with E-state index in [0.29, 0.717) is 18.3 Å². The lowest BCUT2D eigenvalue weighted by atomic mass is 10.2. The summed E-state index contributed by atoms with van der Waals surface area (Å²) in [6, 6.07) is 16.7. The second kappa shape index (κ2) is 7.27. The first-order valence-electron chi connectivity index (χ1n) is 7.68. The molecule has 1 saturated heterocycles. The molecule has 3 rings (SSSR count). The zero-order valence-corrected chi connectivity index (χ0v) is 14.1. The van der Waals surface area contributed by atoms with Crippen molar-refractivity contribution in [3.63, 3.8) is 0 Å². The number of hydrogen-bond acceptors (Lipinski definition) is 3. The van der Waals surface area contributed by atoms with Crippen LogP contribution in [0.1, 0.15) is 17.5 Å². The van der Waals surface area contributed by atoms with Crippen molar-refractivity contribution in [1.29, 1.82) is 0 Å². The Morgan fingerprint density at radius 1 is 1.18 bits per heavy atom. The van der Waals surface area contributed by atoms with Crippen LogP contribution in [0.3, 0.4) is 0 Å². The van der Waals surface area contributed by atoms with Crippen LogP contribution in [0, 0.1) is 0 Å². The third-order valence-corrected chi connectivity index (χ3v) is 4.64. The van der Waals surface area contributed by atoms with Crippen LogP contribution in [0.25, 0.3) is 0 Å². The zero-order chi connectivity index (χ0) is 15.4. The smallest absolute Gasteiger partial charge is 0.120 e. The first-order valence-corrected chi connectivity index (χ1v) is 8.47. The molecule has 2 aromatic rings. The molecule has 1 unspecified atom stereocenters. The third kappa shape index (κ3) is 4.09. The van der Waals surface area contributed by atoms with E-state index in [-0.39, 0.29) is 0 Å². The quantitative estimate of drug-likeness (QED) is 0.856. The molecule has 1 aliphatic heterocycles. The summed E-state index contributed by atoms with van der Waals surface area (Å²) >= 11 is 3.45. The van der Waals surface area contributed by atoms with Crippen LogP contribution < -0.4 is 5.32 Å². The Kier molecular flexibility index (Phi) is 5.13. The molecule has 4 heteroatoms. The Hall–Kier alpha value is -1.36. The number of aromatic hydroxyl groups is 1. The maximum absolute atomic E-state index is 9.88. The molecule has 22 heavy (non-hydrogen) atoms. The number of nitrogens with zero attached hydrogens (tertiary/aromatic N) is 1. The van der Waals surface area contributed by atoms with E-state index < -0.39 is 0 Å². The molecule has 2 aromatic carbocycles. The summed E-state index contributed by atoms with van der Waals surface area (Å²) in [6.45, 7) is 3.90. The number of halogens is 1. The molecule has 2 N–H and O–H groups in total. The summed E-state index contributed by atoms with van der Waals surface area (Å²) in [5.41, 5.74) is 2.31. The molecule has 1 atom stereocenters. The number of nitrogens with one attached hydrogen (secondary N) is 1. The van der Waals surface area contributed by atoms with Gasteiger partial charge in [0, 0.05) is 42.3 Å². The fourth-order valence-corrected chi connectivity index (χ4v) is 3.34. The number of phenols is 1. The maximum Gasteiger partial charge on any atom is 0.120 e. The summed E-state index contributed by atoms with van der Waals surface area (Å²) < 4.78 is 0.999. The van der Waals surface area contributed by atoms with Gasteiger partial charge in [0.25, 0.3) is 0 Å². The lowest BCUT2D eigenvalue weighted by molar-refractivity contribution is 0.319. The fourth-order valence-electron chi connectivity index (χ4n) is 2.93. The summed E-state index contributed by atoms with van der Waals surface area (Å²) in [5.74, 6) is 0.356. The van der Waals surface area contributed by atoms with Gasteiger partial charge in [-0.2, -0.15) is 0 Å². The third-order valence-electron chi connectivity index (χ3n) is 4.14. The fraction of sp³-hybridized carbons (Fsp3) is 0.333. The highest BCUT2D eigenvalue weighted by molar-refractivity contribution is 9.10. The molecule has 0 amide bonds. The van der Waals surface area contributed by atoms with Gasteiger partial charge in [-0.1, -0.05) is 46.3 Å². The van der Waals surface area contributed by atoms with Gasteiger partial charge in [-0.05, 0) is 30.2 Å². The van der Waals surface area contributed by atoms with Crippen LogP contribution in [-0.4, -0.2) is 29.1 Å². The molecular formula is C18H21BrN2O. The van der Waals surface area contributed by atoms with Gasteiger partial charge in [0.15, 0.2) is 0 Å². The first kappa shape index (κ1) is 15.5. The van der Waals surface area contributed by atoms with Gasteiger partial charge < -0.3 is 10.4 Å². The number of benzene rings is 2. The average Bonchev–Trinajstić information content (AvgIpc) is 2.97. The summed E-state index contributed by atoms with van der Waals surface area (Å²) in [6.07, 6.45) is 1.15. The predicted octanol–water partition coefficient (Wildman–Crippen LogP) is 3.52. The van der Waals surface area contributed by atoms with E-state index >= 15 is 0 Å². The Labute approximate surface area is 140 Å². The Balaban J connectivity index is 1.50. The molecule has 0 bridgehead atoms. The lowest BCUT2D eigenvalue weighted by Gasteiger charge is -2.17. The van der Waals surface area contributed by atoms with Crippen LogP contribution in [0.5, 0.6) is 5.75 Å². The SMILES string of the molecule is Oc1ccc(Br)cc1CNC1CCN(Cc2ccccc2)C1. The number of phenolic OH excluding ortho intramolecular Hbond substituents is 1. The summed E-state index contributed by atoms with van der Waals surface area (Å²) in [7, 11) is 0. The standard InChI is InChI=1S/C18H21BrN2O/c19-16-6-7-18(22)15(10-16)11-20-17-8-9-21(13-17)12-14-4-2-1-3-5-14/h1-7,10,17,20,22H,8-9,11-13H2. The number of rotatable bonds is 5. The second-order valence-electron chi connectivity index (χ2n) is 5.86. The summed E-state index contributed by atoms with van der Waals surface area (Å²) in [4.78, 5) is 2.48. The molecule has 0 spiro atoms. The molecule has 1 heterocycles. The van der Waals surface area contributed by atoms with Gasteiger partial charge in [0.2, 0.25) is 0 Å². The van der Waals surface area contributed by atoms with Crippen LogP contribution in [0.2, 0.25) is 0 Å². The second-order valence-corrected chi connectivity index (χ2v) is 6.78. The van der Waals surface area contributed by atoms with Crippen molar-refractivity contribution in [3.05, 3.63) is 64.1 Å². The lowest BCUT2D eigenvalue weighted by Crippen LogP contribution is -2.32. The van der Waals surface area contributed by atoms with Gasteiger partial charge in [0.1, 0.15) is 5.75 Å². The average molecular weight is 361 g/mol. The zero-order valence-electron chi connectivity index (χ0n) is 12.5. The van der Waals surface area contributed by atoms with E-state index in [2.05, 4.69) is 56.5 Å². The van der Waals surface area contributed by atoms with Crippen molar-refractivity contribution < 1.29 is 5.11 Å². The van der Waals surface area contributed by atoms with Crippen molar-refractivity contribution >= 4 is 15.9 Å². The van der Waals surface area contributed by atoms with Crippen LogP contribution in [0.4, 0.5) is 0 Å². The van der Waals surface area contributed by atoms with Gasteiger partial charge >= 0.3 is 0 Å². The topological polar surface area (TPSA) is 35.5 Å². The largest absolute Gasteiger partial charge is 0.508 e. The number of hydrogen-bond donors (Lipinski definition) is 2. The van der Waals surface area contributed by atoms with E-state index in [1.807, 2.05) is 12.1 Å². The molecule has 1 aliphatic rings. The number of likely N-dealkylation sites (tertiary alicyclic amines) is 1. The highest BCUT2D eigenvalue weighted by Gasteiger charge is 2.22. The minimum Gasteiger partial charge on any atom is -0.508 e.